The van der Waals surface area contributed by atoms with Crippen molar-refractivity contribution in [2.75, 3.05) is 13.1 Å². The number of hydrogen-bond donors (Lipinski definition) is 1. The highest BCUT2D eigenvalue weighted by Gasteiger charge is 2.52. The molecule has 0 spiro atoms. The lowest BCUT2D eigenvalue weighted by Crippen LogP contribution is -2.52. The molecular formula is C15H21NO4. The summed E-state index contributed by atoms with van der Waals surface area (Å²) in [6.45, 7) is 5.02. The van der Waals surface area contributed by atoms with Gasteiger partial charge in [0.1, 0.15) is 0 Å². The topological polar surface area (TPSA) is 66.8 Å². The minimum Gasteiger partial charge on any atom is -0.481 e. The number of amides is 1. The highest BCUT2D eigenvalue weighted by molar-refractivity contribution is 5.87. The smallest absolute Gasteiger partial charge is 0.307 e. The zero-order valence-corrected chi connectivity index (χ0v) is 11.9. The Balaban J connectivity index is 1.79. The predicted molar refractivity (Wildman–Crippen MR) is 71.9 cm³/mol. The molecule has 1 N–H and O–H groups in total. The normalized spacial score (nSPS) is 43.0. The van der Waals surface area contributed by atoms with E-state index in [0.29, 0.717) is 13.1 Å². The van der Waals surface area contributed by atoms with Crippen LogP contribution in [0.2, 0.25) is 0 Å². The fourth-order valence-corrected chi connectivity index (χ4v) is 4.06. The number of rotatable bonds is 2. The maximum absolute atomic E-state index is 12.8. The summed E-state index contributed by atoms with van der Waals surface area (Å²) in [6.07, 6.45) is 4.83. The molecule has 1 heterocycles. The summed E-state index contributed by atoms with van der Waals surface area (Å²) in [5, 5.41) is 9.43. The Bertz CT molecular complexity index is 451. The zero-order chi connectivity index (χ0) is 14.4. The maximum Gasteiger partial charge on any atom is 0.307 e. The van der Waals surface area contributed by atoms with Gasteiger partial charge in [0.15, 0.2) is 0 Å². The van der Waals surface area contributed by atoms with Crippen molar-refractivity contribution in [1.82, 2.24) is 4.90 Å². The molecule has 20 heavy (non-hydrogen) atoms. The van der Waals surface area contributed by atoms with E-state index in [1.165, 1.54) is 0 Å². The van der Waals surface area contributed by atoms with Gasteiger partial charge in [-0.3, -0.25) is 9.59 Å². The molecule has 2 fully saturated rings. The van der Waals surface area contributed by atoms with E-state index in [-0.39, 0.29) is 35.9 Å². The molecule has 3 aliphatic rings. The molecule has 2 aliphatic carbocycles. The van der Waals surface area contributed by atoms with Gasteiger partial charge >= 0.3 is 5.97 Å². The number of fused-ring (bicyclic) bond motifs is 2. The molecule has 0 aromatic rings. The summed E-state index contributed by atoms with van der Waals surface area (Å²) in [6, 6.07) is 0. The van der Waals surface area contributed by atoms with Crippen LogP contribution in [0.4, 0.5) is 0 Å². The number of carboxylic acids is 1. The third-order valence-electron chi connectivity index (χ3n) is 4.76. The van der Waals surface area contributed by atoms with Crippen LogP contribution in [0.3, 0.4) is 0 Å². The first-order valence-corrected chi connectivity index (χ1v) is 7.32. The average Bonchev–Trinajstić information content (AvgIpc) is 2.96. The minimum absolute atomic E-state index is 0.00347. The van der Waals surface area contributed by atoms with E-state index >= 15 is 0 Å². The molecular weight excluding hydrogens is 258 g/mol. The second kappa shape index (κ2) is 4.88. The summed E-state index contributed by atoms with van der Waals surface area (Å²) in [5.41, 5.74) is 0. The molecule has 1 saturated carbocycles. The quantitative estimate of drug-likeness (QED) is 0.770. The van der Waals surface area contributed by atoms with Gasteiger partial charge in [-0.1, -0.05) is 12.2 Å². The van der Waals surface area contributed by atoms with E-state index in [4.69, 9.17) is 4.74 Å². The van der Waals surface area contributed by atoms with Gasteiger partial charge in [0.05, 0.1) is 24.0 Å². The maximum atomic E-state index is 12.8. The average molecular weight is 279 g/mol. The summed E-state index contributed by atoms with van der Waals surface area (Å²) in [5.74, 6) is -1.65. The number of carbonyl (C=O) groups excluding carboxylic acids is 1. The van der Waals surface area contributed by atoms with E-state index in [1.54, 1.807) is 4.90 Å². The van der Waals surface area contributed by atoms with E-state index in [0.717, 1.165) is 6.42 Å². The summed E-state index contributed by atoms with van der Waals surface area (Å²) in [4.78, 5) is 26.1. The van der Waals surface area contributed by atoms with E-state index in [9.17, 15) is 14.7 Å². The number of carbonyl (C=O) groups is 2. The number of carboxylic acid groups (broad SMARTS) is 1. The van der Waals surface area contributed by atoms with Gasteiger partial charge in [-0.25, -0.2) is 0 Å². The Morgan fingerprint density at radius 2 is 1.65 bits per heavy atom. The molecule has 0 aromatic carbocycles. The van der Waals surface area contributed by atoms with Gasteiger partial charge in [-0.2, -0.15) is 0 Å². The van der Waals surface area contributed by atoms with Crippen molar-refractivity contribution in [3.8, 4) is 0 Å². The lowest BCUT2D eigenvalue weighted by Gasteiger charge is -2.38. The first kappa shape index (κ1) is 13.6. The Kier molecular flexibility index (Phi) is 3.32. The molecule has 1 saturated heterocycles. The van der Waals surface area contributed by atoms with Crippen molar-refractivity contribution in [2.45, 2.75) is 32.5 Å². The number of ether oxygens (including phenoxy) is 1. The molecule has 1 aliphatic heterocycles. The molecule has 0 radical (unpaired) electrons. The fourth-order valence-electron chi connectivity index (χ4n) is 4.06. The van der Waals surface area contributed by atoms with Gasteiger partial charge in [-0.05, 0) is 32.1 Å². The fraction of sp³-hybridized carbons (Fsp3) is 0.733. The third-order valence-corrected chi connectivity index (χ3v) is 4.76. The number of allylic oxidation sites excluding steroid dienone is 2. The molecule has 6 atom stereocenters. The van der Waals surface area contributed by atoms with Crippen molar-refractivity contribution in [3.63, 3.8) is 0 Å². The highest BCUT2D eigenvalue weighted by Crippen LogP contribution is 2.48. The number of aliphatic carboxylic acids is 1. The summed E-state index contributed by atoms with van der Waals surface area (Å²) >= 11 is 0. The SMILES string of the molecule is C[C@@H]1CN(C(=O)[C@H]2C3C=CC(C3)[C@H]2C(=O)O)C[C@H](C)O1. The van der Waals surface area contributed by atoms with Gasteiger partial charge in [0.2, 0.25) is 5.91 Å². The molecule has 3 rings (SSSR count). The Hall–Kier alpha value is -1.36. The first-order valence-electron chi connectivity index (χ1n) is 7.32. The van der Waals surface area contributed by atoms with Crippen molar-refractivity contribution in [1.29, 1.82) is 0 Å². The van der Waals surface area contributed by atoms with E-state index in [1.807, 2.05) is 26.0 Å². The highest BCUT2D eigenvalue weighted by atomic mass is 16.5. The van der Waals surface area contributed by atoms with Gasteiger partial charge < -0.3 is 14.7 Å². The lowest BCUT2D eigenvalue weighted by atomic mass is 9.82. The Morgan fingerprint density at radius 3 is 2.20 bits per heavy atom. The van der Waals surface area contributed by atoms with Crippen LogP contribution in [0.25, 0.3) is 0 Å². The number of hydrogen-bond acceptors (Lipinski definition) is 3. The molecule has 1 amide bonds. The monoisotopic (exact) mass is 279 g/mol. The van der Waals surface area contributed by atoms with Crippen LogP contribution < -0.4 is 0 Å². The Morgan fingerprint density at radius 1 is 1.10 bits per heavy atom. The minimum atomic E-state index is -0.838. The largest absolute Gasteiger partial charge is 0.481 e. The first-order chi connectivity index (χ1) is 9.47. The van der Waals surface area contributed by atoms with Gasteiger partial charge in [0.25, 0.3) is 0 Å². The lowest BCUT2D eigenvalue weighted by molar-refractivity contribution is -0.156. The molecule has 5 heteroatoms. The third kappa shape index (κ3) is 2.14. The van der Waals surface area contributed by atoms with Gasteiger partial charge in [0, 0.05) is 13.1 Å². The van der Waals surface area contributed by atoms with Gasteiger partial charge in [-0.15, -0.1) is 0 Å². The summed E-state index contributed by atoms with van der Waals surface area (Å²) < 4.78 is 5.64. The molecule has 110 valence electrons. The van der Waals surface area contributed by atoms with E-state index in [2.05, 4.69) is 0 Å². The second-order valence-corrected chi connectivity index (χ2v) is 6.34. The van der Waals surface area contributed by atoms with Crippen molar-refractivity contribution >= 4 is 11.9 Å². The molecule has 2 bridgehead atoms. The molecule has 0 aromatic heterocycles. The van der Waals surface area contributed by atoms with Crippen LogP contribution in [0.5, 0.6) is 0 Å². The van der Waals surface area contributed by atoms with Crippen molar-refractivity contribution < 1.29 is 19.4 Å². The van der Waals surface area contributed by atoms with Crippen LogP contribution >= 0.6 is 0 Å². The van der Waals surface area contributed by atoms with Crippen LogP contribution in [0.15, 0.2) is 12.2 Å². The molecule has 2 unspecified atom stereocenters. The number of nitrogens with zero attached hydrogens (tertiary/aromatic N) is 1. The zero-order valence-electron chi connectivity index (χ0n) is 11.9. The Labute approximate surface area is 118 Å². The van der Waals surface area contributed by atoms with Crippen molar-refractivity contribution in [3.05, 3.63) is 12.2 Å². The van der Waals surface area contributed by atoms with E-state index < -0.39 is 11.9 Å². The summed E-state index contributed by atoms with van der Waals surface area (Å²) in [7, 11) is 0. The second-order valence-electron chi connectivity index (χ2n) is 6.34. The standard InChI is InChI=1S/C15H21NO4/c1-8-6-16(7-9(2)20-8)14(17)12-10-3-4-11(5-10)13(12)15(18)19/h3-4,8-13H,5-7H2,1-2H3,(H,18,19)/t8-,9+,10?,11?,12-,13+/m0/s1. The number of morpholine rings is 1. The predicted octanol–water partition coefficient (Wildman–Crippen LogP) is 1.15. The van der Waals surface area contributed by atoms with Crippen LogP contribution in [-0.4, -0.2) is 47.2 Å². The van der Waals surface area contributed by atoms with Crippen LogP contribution in [0.1, 0.15) is 20.3 Å². The van der Waals surface area contributed by atoms with Crippen LogP contribution in [0, 0.1) is 23.7 Å². The van der Waals surface area contributed by atoms with Crippen LogP contribution in [-0.2, 0) is 14.3 Å². The van der Waals surface area contributed by atoms with Crippen molar-refractivity contribution in [2.24, 2.45) is 23.7 Å². The molecule has 5 nitrogen and oxygen atoms in total.